The first kappa shape index (κ1) is 13.7. The molecule has 0 radical (unpaired) electrons. The number of aliphatic hydroxyl groups is 1. The van der Waals surface area contributed by atoms with Crippen LogP contribution in [0.4, 0.5) is 0 Å². The van der Waals surface area contributed by atoms with E-state index in [4.69, 9.17) is 14.8 Å². The van der Waals surface area contributed by atoms with Crippen LogP contribution in [0.15, 0.2) is 28.7 Å². The number of likely N-dealkylation sites (tertiary alicyclic amines) is 1. The number of benzene rings is 1. The average molecular weight is 284 g/mol. The van der Waals surface area contributed by atoms with E-state index in [1.165, 1.54) is 0 Å². The van der Waals surface area contributed by atoms with Crippen LogP contribution < -0.4 is 0 Å². The third-order valence-corrected chi connectivity index (χ3v) is 3.71. The lowest BCUT2D eigenvalue weighted by molar-refractivity contribution is 0.215. The molecular weight excluding hydrogens is 268 g/mol. The van der Waals surface area contributed by atoms with Crippen molar-refractivity contribution in [3.05, 3.63) is 35.7 Å². The maximum absolute atomic E-state index is 9.14. The Hall–Kier alpha value is -2.23. The standard InChI is InChI=1S/C15H16N4O2/c16-7-11-1-3-13(4-2-11)15-18-17-14(21-15)9-19-6-5-12(8-19)10-20/h1-4,12,20H,5-6,8-10H2. The number of nitrogens with zero attached hydrogens (tertiary/aromatic N) is 4. The van der Waals surface area contributed by atoms with E-state index in [0.29, 0.717) is 29.8 Å². The van der Waals surface area contributed by atoms with Gasteiger partial charge in [-0.05, 0) is 43.1 Å². The Labute approximate surface area is 122 Å². The van der Waals surface area contributed by atoms with Crippen molar-refractivity contribution >= 4 is 0 Å². The van der Waals surface area contributed by atoms with E-state index in [1.54, 1.807) is 24.3 Å². The molecule has 21 heavy (non-hydrogen) atoms. The van der Waals surface area contributed by atoms with Crippen molar-refractivity contribution in [2.75, 3.05) is 19.7 Å². The van der Waals surface area contributed by atoms with E-state index < -0.39 is 0 Å². The Morgan fingerprint density at radius 2 is 2.14 bits per heavy atom. The number of hydrogen-bond donors (Lipinski definition) is 1. The van der Waals surface area contributed by atoms with Gasteiger partial charge in [0.25, 0.3) is 0 Å². The Morgan fingerprint density at radius 3 is 2.81 bits per heavy atom. The molecular formula is C15H16N4O2. The molecule has 0 amide bonds. The summed E-state index contributed by atoms with van der Waals surface area (Å²) in [5.74, 6) is 1.39. The molecule has 2 aromatic rings. The fourth-order valence-electron chi connectivity index (χ4n) is 2.52. The minimum absolute atomic E-state index is 0.233. The van der Waals surface area contributed by atoms with E-state index in [2.05, 4.69) is 21.2 Å². The van der Waals surface area contributed by atoms with Gasteiger partial charge in [0.2, 0.25) is 11.8 Å². The second-order valence-electron chi connectivity index (χ2n) is 5.26. The molecule has 0 bridgehead atoms. The van der Waals surface area contributed by atoms with Gasteiger partial charge in [0.05, 0.1) is 18.2 Å². The number of hydrogen-bond acceptors (Lipinski definition) is 6. The highest BCUT2D eigenvalue weighted by molar-refractivity contribution is 5.54. The summed E-state index contributed by atoms with van der Waals surface area (Å²) in [6, 6.07) is 9.13. The quantitative estimate of drug-likeness (QED) is 0.913. The Kier molecular flexibility index (Phi) is 3.95. The maximum atomic E-state index is 9.14. The Morgan fingerprint density at radius 1 is 1.33 bits per heavy atom. The zero-order valence-corrected chi connectivity index (χ0v) is 11.6. The molecule has 1 unspecified atom stereocenters. The molecule has 3 rings (SSSR count). The maximum Gasteiger partial charge on any atom is 0.247 e. The van der Waals surface area contributed by atoms with Crippen LogP contribution >= 0.6 is 0 Å². The highest BCUT2D eigenvalue weighted by Gasteiger charge is 2.23. The molecule has 108 valence electrons. The lowest BCUT2D eigenvalue weighted by Crippen LogP contribution is -2.21. The van der Waals surface area contributed by atoms with Gasteiger partial charge < -0.3 is 9.52 Å². The smallest absolute Gasteiger partial charge is 0.247 e. The molecule has 6 heteroatoms. The molecule has 1 aromatic carbocycles. The van der Waals surface area contributed by atoms with Crippen LogP contribution in [0, 0.1) is 17.2 Å². The van der Waals surface area contributed by atoms with Crippen molar-refractivity contribution in [1.82, 2.24) is 15.1 Å². The molecule has 1 atom stereocenters. The molecule has 0 saturated carbocycles. The third kappa shape index (κ3) is 3.10. The summed E-state index contributed by atoms with van der Waals surface area (Å²) in [4.78, 5) is 2.21. The second-order valence-corrected chi connectivity index (χ2v) is 5.26. The minimum atomic E-state index is 0.233. The Bertz CT molecular complexity index is 644. The van der Waals surface area contributed by atoms with Crippen LogP contribution in [0.1, 0.15) is 17.9 Å². The van der Waals surface area contributed by atoms with Crippen molar-refractivity contribution in [2.45, 2.75) is 13.0 Å². The normalized spacial score (nSPS) is 18.8. The van der Waals surface area contributed by atoms with Gasteiger partial charge >= 0.3 is 0 Å². The predicted molar refractivity (Wildman–Crippen MR) is 74.9 cm³/mol. The molecule has 1 aromatic heterocycles. The predicted octanol–water partition coefficient (Wildman–Crippen LogP) is 1.42. The third-order valence-electron chi connectivity index (χ3n) is 3.71. The largest absolute Gasteiger partial charge is 0.419 e. The van der Waals surface area contributed by atoms with Gasteiger partial charge in [0.15, 0.2) is 0 Å². The van der Waals surface area contributed by atoms with Crippen molar-refractivity contribution in [2.24, 2.45) is 5.92 Å². The van der Waals surface area contributed by atoms with Crippen molar-refractivity contribution in [3.8, 4) is 17.5 Å². The zero-order valence-electron chi connectivity index (χ0n) is 11.6. The highest BCUT2D eigenvalue weighted by Crippen LogP contribution is 2.21. The van der Waals surface area contributed by atoms with Gasteiger partial charge in [-0.2, -0.15) is 5.26 Å². The molecule has 6 nitrogen and oxygen atoms in total. The number of aliphatic hydroxyl groups excluding tert-OH is 1. The van der Waals surface area contributed by atoms with Crippen LogP contribution in [-0.2, 0) is 6.54 Å². The van der Waals surface area contributed by atoms with Crippen molar-refractivity contribution < 1.29 is 9.52 Å². The lowest BCUT2D eigenvalue weighted by atomic mass is 10.1. The van der Waals surface area contributed by atoms with E-state index >= 15 is 0 Å². The van der Waals surface area contributed by atoms with E-state index in [1.807, 2.05) is 0 Å². The van der Waals surface area contributed by atoms with Crippen molar-refractivity contribution in [3.63, 3.8) is 0 Å². The monoisotopic (exact) mass is 284 g/mol. The molecule has 0 spiro atoms. The zero-order chi connectivity index (χ0) is 14.7. The van der Waals surface area contributed by atoms with Gasteiger partial charge in [-0.15, -0.1) is 10.2 Å². The van der Waals surface area contributed by atoms with E-state index in [0.717, 1.165) is 25.1 Å². The lowest BCUT2D eigenvalue weighted by Gasteiger charge is -2.12. The summed E-state index contributed by atoms with van der Waals surface area (Å²) in [6.07, 6.45) is 1.01. The summed E-state index contributed by atoms with van der Waals surface area (Å²) >= 11 is 0. The highest BCUT2D eigenvalue weighted by atomic mass is 16.4. The first-order chi connectivity index (χ1) is 10.3. The first-order valence-corrected chi connectivity index (χ1v) is 6.94. The summed E-state index contributed by atoms with van der Waals surface area (Å²) < 4.78 is 5.66. The van der Waals surface area contributed by atoms with Crippen LogP contribution in [0.5, 0.6) is 0 Å². The molecule has 2 heterocycles. The molecule has 1 aliphatic rings. The average Bonchev–Trinajstić information content (AvgIpc) is 3.17. The number of rotatable bonds is 4. The summed E-state index contributed by atoms with van der Waals surface area (Å²) in [6.45, 7) is 2.65. The van der Waals surface area contributed by atoms with Crippen LogP contribution in [-0.4, -0.2) is 39.9 Å². The van der Waals surface area contributed by atoms with E-state index in [-0.39, 0.29) is 6.61 Å². The molecule has 1 fully saturated rings. The van der Waals surface area contributed by atoms with Gasteiger partial charge in [-0.3, -0.25) is 4.90 Å². The van der Waals surface area contributed by atoms with E-state index in [9.17, 15) is 0 Å². The van der Waals surface area contributed by atoms with Crippen molar-refractivity contribution in [1.29, 1.82) is 5.26 Å². The Balaban J connectivity index is 1.67. The topological polar surface area (TPSA) is 86.2 Å². The summed E-state index contributed by atoms with van der Waals surface area (Å²) in [7, 11) is 0. The molecule has 1 N–H and O–H groups in total. The van der Waals surface area contributed by atoms with Crippen LogP contribution in [0.3, 0.4) is 0 Å². The van der Waals surface area contributed by atoms with Crippen LogP contribution in [0.25, 0.3) is 11.5 Å². The van der Waals surface area contributed by atoms with Gasteiger partial charge in [-0.25, -0.2) is 0 Å². The summed E-state index contributed by atoms with van der Waals surface area (Å²) in [5.41, 5.74) is 1.41. The fourth-order valence-corrected chi connectivity index (χ4v) is 2.52. The summed E-state index contributed by atoms with van der Waals surface area (Å²) in [5, 5.41) is 26.0. The number of nitriles is 1. The minimum Gasteiger partial charge on any atom is -0.419 e. The fraction of sp³-hybridized carbons (Fsp3) is 0.400. The van der Waals surface area contributed by atoms with Crippen LogP contribution in [0.2, 0.25) is 0 Å². The molecule has 1 aliphatic heterocycles. The second kappa shape index (κ2) is 6.04. The van der Waals surface area contributed by atoms with Gasteiger partial charge in [0, 0.05) is 18.7 Å². The first-order valence-electron chi connectivity index (χ1n) is 6.94. The molecule has 0 aliphatic carbocycles. The number of aromatic nitrogens is 2. The van der Waals surface area contributed by atoms with Gasteiger partial charge in [0.1, 0.15) is 0 Å². The SMILES string of the molecule is N#Cc1ccc(-c2nnc(CN3CCC(CO)C3)o2)cc1. The molecule has 1 saturated heterocycles. The van der Waals surface area contributed by atoms with Gasteiger partial charge in [-0.1, -0.05) is 0 Å².